The number of aliphatic carboxylic acids is 1. The van der Waals surface area contributed by atoms with E-state index in [1.165, 1.54) is 0 Å². The van der Waals surface area contributed by atoms with Gasteiger partial charge in [-0.3, -0.25) is 4.79 Å². The molecule has 3 N–H and O–H groups in total. The molecule has 2 rings (SSSR count). The van der Waals surface area contributed by atoms with E-state index in [1.807, 2.05) is 0 Å². The number of nitrogens with one attached hydrogen (secondary N) is 2. The summed E-state index contributed by atoms with van der Waals surface area (Å²) in [6.07, 6.45) is 0. The molecule has 92 valence electrons. The van der Waals surface area contributed by atoms with Crippen molar-refractivity contribution in [2.24, 2.45) is 0 Å². The zero-order valence-corrected chi connectivity index (χ0v) is 9.07. The van der Waals surface area contributed by atoms with Crippen molar-refractivity contribution in [2.75, 3.05) is 0 Å². The summed E-state index contributed by atoms with van der Waals surface area (Å²) in [5.74, 6) is -2.09. The van der Waals surface area contributed by atoms with Crippen LogP contribution in [0.15, 0.2) is 30.3 Å². The predicted octanol–water partition coefficient (Wildman–Crippen LogP) is -0.245. The molecule has 0 saturated carbocycles. The Morgan fingerprint density at radius 2 is 2.00 bits per heavy atom. The highest BCUT2D eigenvalue weighted by molar-refractivity contribution is 5.93. The Morgan fingerprint density at radius 3 is 2.56 bits per heavy atom. The molecule has 8 heteroatoms. The molecule has 1 atom stereocenters. The molecule has 1 aromatic carbocycles. The number of carbonyl (C=O) groups excluding carboxylic acids is 1. The van der Waals surface area contributed by atoms with E-state index in [1.54, 1.807) is 30.3 Å². The molecule has 1 amide bonds. The summed E-state index contributed by atoms with van der Waals surface area (Å²) in [5.41, 5.74) is 0.460. The first-order valence-electron chi connectivity index (χ1n) is 5.00. The van der Waals surface area contributed by atoms with Gasteiger partial charge in [0.2, 0.25) is 0 Å². The fourth-order valence-electron chi connectivity index (χ4n) is 1.39. The molecule has 1 aromatic heterocycles. The smallest absolute Gasteiger partial charge is 0.330 e. The number of tetrazole rings is 1. The van der Waals surface area contributed by atoms with Gasteiger partial charge in [-0.15, -0.1) is 10.2 Å². The molecule has 0 unspecified atom stereocenters. The predicted molar refractivity (Wildman–Crippen MR) is 58.5 cm³/mol. The van der Waals surface area contributed by atoms with Gasteiger partial charge in [0.05, 0.1) is 0 Å². The zero-order chi connectivity index (χ0) is 13.0. The number of aromatic amines is 1. The molecule has 0 bridgehead atoms. The van der Waals surface area contributed by atoms with Crippen molar-refractivity contribution < 1.29 is 14.7 Å². The van der Waals surface area contributed by atoms with Gasteiger partial charge in [-0.05, 0) is 10.8 Å². The van der Waals surface area contributed by atoms with Gasteiger partial charge in [0.1, 0.15) is 0 Å². The lowest BCUT2D eigenvalue weighted by molar-refractivity contribution is -0.139. The summed E-state index contributed by atoms with van der Waals surface area (Å²) in [5, 5.41) is 23.7. The Labute approximate surface area is 101 Å². The minimum absolute atomic E-state index is 0.211. The molecule has 0 fully saturated rings. The molecule has 1 heterocycles. The fourth-order valence-corrected chi connectivity index (χ4v) is 1.39. The lowest BCUT2D eigenvalue weighted by Crippen LogP contribution is -2.34. The number of H-pyrrole nitrogens is 1. The summed E-state index contributed by atoms with van der Waals surface area (Å²) in [7, 11) is 0. The molecule has 0 aliphatic heterocycles. The van der Waals surface area contributed by atoms with E-state index >= 15 is 0 Å². The standard InChI is InChI=1S/C10H9N5O3/c16-9(8-12-14-15-13-8)11-7(10(17)18)6-4-2-1-3-5-6/h1-5,7H,(H,11,16)(H,17,18)(H,12,13,14,15)/t7-/m1/s1. The Bertz CT molecular complexity index is 540. The van der Waals surface area contributed by atoms with Gasteiger partial charge in [-0.25, -0.2) is 4.79 Å². The van der Waals surface area contributed by atoms with E-state index in [9.17, 15) is 9.59 Å². The van der Waals surface area contributed by atoms with Gasteiger partial charge in [0.25, 0.3) is 11.7 Å². The number of carboxylic acid groups (broad SMARTS) is 1. The largest absolute Gasteiger partial charge is 0.479 e. The maximum atomic E-state index is 11.6. The zero-order valence-electron chi connectivity index (χ0n) is 9.07. The van der Waals surface area contributed by atoms with Crippen LogP contribution >= 0.6 is 0 Å². The average Bonchev–Trinajstić information content (AvgIpc) is 2.90. The Hall–Kier alpha value is -2.77. The quantitative estimate of drug-likeness (QED) is 0.685. The van der Waals surface area contributed by atoms with Crippen molar-refractivity contribution in [3.8, 4) is 0 Å². The van der Waals surface area contributed by atoms with Crippen LogP contribution < -0.4 is 5.32 Å². The monoisotopic (exact) mass is 247 g/mol. The second-order valence-electron chi connectivity index (χ2n) is 3.39. The summed E-state index contributed by atoms with van der Waals surface area (Å²) in [6, 6.07) is 7.18. The highest BCUT2D eigenvalue weighted by Crippen LogP contribution is 2.12. The number of amides is 1. The van der Waals surface area contributed by atoms with Crippen LogP contribution in [0.1, 0.15) is 22.2 Å². The van der Waals surface area contributed by atoms with Crippen LogP contribution in [0, 0.1) is 0 Å². The van der Waals surface area contributed by atoms with Crippen molar-refractivity contribution >= 4 is 11.9 Å². The first-order chi connectivity index (χ1) is 8.68. The molecular formula is C10H9N5O3. The number of hydrogen-bond donors (Lipinski definition) is 3. The Morgan fingerprint density at radius 1 is 1.28 bits per heavy atom. The van der Waals surface area contributed by atoms with Crippen LogP contribution in [-0.2, 0) is 4.79 Å². The first-order valence-corrected chi connectivity index (χ1v) is 5.00. The van der Waals surface area contributed by atoms with Crippen molar-refractivity contribution in [1.82, 2.24) is 25.9 Å². The van der Waals surface area contributed by atoms with Crippen molar-refractivity contribution in [1.29, 1.82) is 0 Å². The molecular weight excluding hydrogens is 238 g/mol. The number of rotatable bonds is 4. The Balaban J connectivity index is 2.18. The average molecular weight is 247 g/mol. The van der Waals surface area contributed by atoms with Crippen LogP contribution in [0.3, 0.4) is 0 Å². The van der Waals surface area contributed by atoms with E-state index in [0.717, 1.165) is 0 Å². The second-order valence-corrected chi connectivity index (χ2v) is 3.39. The summed E-state index contributed by atoms with van der Waals surface area (Å²) >= 11 is 0. The third-order valence-electron chi connectivity index (χ3n) is 2.20. The molecule has 0 saturated heterocycles. The van der Waals surface area contributed by atoms with E-state index in [4.69, 9.17) is 5.11 Å². The maximum absolute atomic E-state index is 11.6. The highest BCUT2D eigenvalue weighted by atomic mass is 16.4. The van der Waals surface area contributed by atoms with E-state index in [-0.39, 0.29) is 5.82 Å². The van der Waals surface area contributed by atoms with Crippen LogP contribution in [-0.4, -0.2) is 37.6 Å². The summed E-state index contributed by atoms with van der Waals surface area (Å²) < 4.78 is 0. The molecule has 0 aliphatic rings. The van der Waals surface area contributed by atoms with Crippen LogP contribution in [0.2, 0.25) is 0 Å². The van der Waals surface area contributed by atoms with Crippen molar-refractivity contribution in [2.45, 2.75) is 6.04 Å². The number of carboxylic acids is 1. The van der Waals surface area contributed by atoms with E-state index in [2.05, 4.69) is 25.9 Å². The van der Waals surface area contributed by atoms with Gasteiger partial charge in [-0.1, -0.05) is 30.3 Å². The van der Waals surface area contributed by atoms with Gasteiger partial charge in [0.15, 0.2) is 6.04 Å². The van der Waals surface area contributed by atoms with Crippen LogP contribution in [0.5, 0.6) is 0 Å². The third kappa shape index (κ3) is 2.48. The second kappa shape index (κ2) is 5.04. The number of hydrogen-bond acceptors (Lipinski definition) is 5. The molecule has 0 spiro atoms. The van der Waals surface area contributed by atoms with Crippen LogP contribution in [0.4, 0.5) is 0 Å². The third-order valence-corrected chi connectivity index (χ3v) is 2.20. The molecule has 0 aliphatic carbocycles. The normalized spacial score (nSPS) is 11.8. The molecule has 0 radical (unpaired) electrons. The topological polar surface area (TPSA) is 121 Å². The fraction of sp³-hybridized carbons (Fsp3) is 0.100. The van der Waals surface area contributed by atoms with Crippen molar-refractivity contribution in [3.05, 3.63) is 41.7 Å². The molecule has 2 aromatic rings. The van der Waals surface area contributed by atoms with Gasteiger partial charge < -0.3 is 10.4 Å². The SMILES string of the molecule is O=C(N[C@@H](C(=O)O)c1ccccc1)c1nn[nH]n1. The highest BCUT2D eigenvalue weighted by Gasteiger charge is 2.24. The molecule has 18 heavy (non-hydrogen) atoms. The maximum Gasteiger partial charge on any atom is 0.330 e. The van der Waals surface area contributed by atoms with Gasteiger partial charge in [0, 0.05) is 0 Å². The number of benzene rings is 1. The summed E-state index contributed by atoms with van der Waals surface area (Å²) in [6.45, 7) is 0. The minimum Gasteiger partial charge on any atom is -0.479 e. The minimum atomic E-state index is -1.17. The van der Waals surface area contributed by atoms with Crippen LogP contribution in [0.25, 0.3) is 0 Å². The lowest BCUT2D eigenvalue weighted by Gasteiger charge is -2.13. The van der Waals surface area contributed by atoms with E-state index < -0.39 is 17.9 Å². The first kappa shape index (κ1) is 11.7. The number of nitrogens with zero attached hydrogens (tertiary/aromatic N) is 3. The Kier molecular flexibility index (Phi) is 3.28. The summed E-state index contributed by atoms with van der Waals surface area (Å²) in [4.78, 5) is 22.8. The molecule has 8 nitrogen and oxygen atoms in total. The van der Waals surface area contributed by atoms with Crippen molar-refractivity contribution in [3.63, 3.8) is 0 Å². The van der Waals surface area contributed by atoms with E-state index in [0.29, 0.717) is 5.56 Å². The van der Waals surface area contributed by atoms with Gasteiger partial charge >= 0.3 is 5.97 Å². The van der Waals surface area contributed by atoms with Gasteiger partial charge in [-0.2, -0.15) is 5.21 Å². The number of aromatic nitrogens is 4. The lowest BCUT2D eigenvalue weighted by atomic mass is 10.1. The number of carbonyl (C=O) groups is 2.